The second-order valence-electron chi connectivity index (χ2n) is 12.9. The third-order valence-corrected chi connectivity index (χ3v) is 10.5. The van der Waals surface area contributed by atoms with Crippen molar-refractivity contribution in [3.05, 3.63) is 24.3 Å². The maximum atomic E-state index is 3.15. The van der Waals surface area contributed by atoms with E-state index in [4.69, 9.17) is 0 Å². The molecule has 0 bridgehead atoms. The zero-order valence-corrected chi connectivity index (χ0v) is 22.6. The number of allylic oxidation sites excluding steroid dienone is 4. The Kier molecular flexibility index (Phi) is 9.61. The van der Waals surface area contributed by atoms with Gasteiger partial charge in [-0.25, -0.2) is 0 Å². The fourth-order valence-corrected chi connectivity index (χ4v) is 7.93. The minimum atomic E-state index is 0.855. The van der Waals surface area contributed by atoms with Crippen LogP contribution in [0.25, 0.3) is 0 Å². The highest BCUT2D eigenvalue weighted by Gasteiger charge is 2.38. The monoisotopic (exact) mass is 453 g/mol. The molecule has 0 radical (unpaired) electrons. The van der Waals surface area contributed by atoms with Crippen molar-refractivity contribution < 1.29 is 0 Å². The van der Waals surface area contributed by atoms with Crippen LogP contribution in [0.1, 0.15) is 124 Å². The molecular weight excluding hydrogens is 398 g/mol. The van der Waals surface area contributed by atoms with E-state index in [0.717, 1.165) is 53.6 Å². The molecule has 3 atom stereocenters. The first kappa shape index (κ1) is 25.5. The van der Waals surface area contributed by atoms with Crippen molar-refractivity contribution in [1.29, 1.82) is 0 Å². The molecule has 0 saturated heterocycles. The average molecular weight is 454 g/mol. The van der Waals surface area contributed by atoms with E-state index in [1.54, 1.807) is 0 Å². The molecule has 4 aliphatic rings. The van der Waals surface area contributed by atoms with E-state index in [1.165, 1.54) is 96.3 Å². The lowest BCUT2D eigenvalue weighted by Gasteiger charge is -2.50. The first-order chi connectivity index (χ1) is 16.0. The van der Waals surface area contributed by atoms with Crippen LogP contribution in [-0.4, -0.2) is 23.0 Å². The second-order valence-corrected chi connectivity index (χ2v) is 12.9. The third-order valence-electron chi connectivity index (χ3n) is 10.5. The molecule has 3 unspecified atom stereocenters. The topological polar surface area (TPSA) is 3.24 Å². The maximum absolute atomic E-state index is 3.15. The SMILES string of the molecule is CC=CC1CCC(C=CC2CCC(N(C3CCC(C)CC3)C3CCC(C)C(C)C3)CC2)CC1. The summed E-state index contributed by atoms with van der Waals surface area (Å²) >= 11 is 0. The van der Waals surface area contributed by atoms with Gasteiger partial charge in [0.25, 0.3) is 0 Å². The first-order valence-corrected chi connectivity index (χ1v) is 15.1. The first-order valence-electron chi connectivity index (χ1n) is 15.1. The molecular formula is C32H55N. The molecule has 4 aliphatic carbocycles. The Morgan fingerprint density at radius 3 is 1.45 bits per heavy atom. The molecule has 0 aromatic heterocycles. The summed E-state index contributed by atoms with van der Waals surface area (Å²) < 4.78 is 0. The van der Waals surface area contributed by atoms with Crippen LogP contribution in [0, 0.1) is 35.5 Å². The van der Waals surface area contributed by atoms with E-state index < -0.39 is 0 Å². The quantitative estimate of drug-likeness (QED) is 0.362. The highest BCUT2D eigenvalue weighted by atomic mass is 15.2. The molecule has 1 heteroatoms. The molecule has 4 saturated carbocycles. The number of hydrogen-bond donors (Lipinski definition) is 0. The smallest absolute Gasteiger partial charge is 0.0104 e. The minimum absolute atomic E-state index is 0.855. The lowest BCUT2D eigenvalue weighted by atomic mass is 9.75. The van der Waals surface area contributed by atoms with Gasteiger partial charge in [-0.1, -0.05) is 45.1 Å². The average Bonchev–Trinajstić information content (AvgIpc) is 2.83. The predicted molar refractivity (Wildman–Crippen MR) is 144 cm³/mol. The van der Waals surface area contributed by atoms with Crippen molar-refractivity contribution in [2.75, 3.05) is 0 Å². The molecule has 0 aromatic carbocycles. The summed E-state index contributed by atoms with van der Waals surface area (Å²) in [6, 6.07) is 2.63. The van der Waals surface area contributed by atoms with Gasteiger partial charge in [0.15, 0.2) is 0 Å². The summed E-state index contributed by atoms with van der Waals surface area (Å²) in [5, 5.41) is 0. The molecule has 33 heavy (non-hydrogen) atoms. The molecule has 0 N–H and O–H groups in total. The van der Waals surface area contributed by atoms with Crippen molar-refractivity contribution in [2.24, 2.45) is 35.5 Å². The van der Waals surface area contributed by atoms with E-state index >= 15 is 0 Å². The van der Waals surface area contributed by atoms with Crippen molar-refractivity contribution >= 4 is 0 Å². The van der Waals surface area contributed by atoms with Crippen LogP contribution in [0.5, 0.6) is 0 Å². The Balaban J connectivity index is 1.31. The summed E-state index contributed by atoms with van der Waals surface area (Å²) in [6.45, 7) is 9.69. The van der Waals surface area contributed by atoms with Crippen LogP contribution in [-0.2, 0) is 0 Å². The molecule has 188 valence electrons. The Morgan fingerprint density at radius 2 is 0.939 bits per heavy atom. The molecule has 0 spiro atoms. The Labute approximate surface area is 206 Å². The van der Waals surface area contributed by atoms with Crippen LogP contribution in [0.3, 0.4) is 0 Å². The summed E-state index contributed by atoms with van der Waals surface area (Å²) in [4.78, 5) is 3.15. The van der Waals surface area contributed by atoms with E-state index in [1.807, 2.05) is 0 Å². The zero-order valence-electron chi connectivity index (χ0n) is 22.6. The molecule has 4 rings (SSSR count). The number of hydrogen-bond acceptors (Lipinski definition) is 1. The van der Waals surface area contributed by atoms with Crippen molar-refractivity contribution in [3.63, 3.8) is 0 Å². The molecule has 0 amide bonds. The summed E-state index contributed by atoms with van der Waals surface area (Å²) in [5.74, 6) is 5.37. The third kappa shape index (κ3) is 6.99. The maximum Gasteiger partial charge on any atom is 0.0104 e. The summed E-state index contributed by atoms with van der Waals surface area (Å²) in [5.41, 5.74) is 0. The number of rotatable bonds is 6. The van der Waals surface area contributed by atoms with E-state index in [-0.39, 0.29) is 0 Å². The van der Waals surface area contributed by atoms with Gasteiger partial charge >= 0.3 is 0 Å². The second kappa shape index (κ2) is 12.4. The molecule has 0 aliphatic heterocycles. The lowest BCUT2D eigenvalue weighted by molar-refractivity contribution is -0.00233. The van der Waals surface area contributed by atoms with Crippen LogP contribution < -0.4 is 0 Å². The van der Waals surface area contributed by atoms with E-state index in [9.17, 15) is 0 Å². The largest absolute Gasteiger partial charge is 0.294 e. The zero-order chi connectivity index (χ0) is 23.2. The van der Waals surface area contributed by atoms with Crippen molar-refractivity contribution in [2.45, 2.75) is 142 Å². The summed E-state index contributed by atoms with van der Waals surface area (Å²) in [6.07, 6.45) is 31.7. The van der Waals surface area contributed by atoms with Gasteiger partial charge in [0.2, 0.25) is 0 Å². The fraction of sp³-hybridized carbons (Fsp3) is 0.875. The van der Waals surface area contributed by atoms with Crippen LogP contribution >= 0.6 is 0 Å². The van der Waals surface area contributed by atoms with Gasteiger partial charge in [-0.3, -0.25) is 4.90 Å². The molecule has 0 aromatic rings. The lowest BCUT2D eigenvalue weighted by Crippen LogP contribution is -2.53. The van der Waals surface area contributed by atoms with Crippen molar-refractivity contribution in [3.8, 4) is 0 Å². The van der Waals surface area contributed by atoms with Crippen LogP contribution in [0.15, 0.2) is 24.3 Å². The Morgan fingerprint density at radius 1 is 0.485 bits per heavy atom. The minimum Gasteiger partial charge on any atom is -0.294 e. The van der Waals surface area contributed by atoms with Gasteiger partial charge in [-0.15, -0.1) is 0 Å². The van der Waals surface area contributed by atoms with Crippen LogP contribution in [0.2, 0.25) is 0 Å². The van der Waals surface area contributed by atoms with Gasteiger partial charge in [0, 0.05) is 18.1 Å². The van der Waals surface area contributed by atoms with Gasteiger partial charge < -0.3 is 0 Å². The Bertz CT molecular complexity index is 610. The van der Waals surface area contributed by atoms with Crippen molar-refractivity contribution in [1.82, 2.24) is 4.90 Å². The highest BCUT2D eigenvalue weighted by Crippen LogP contribution is 2.41. The van der Waals surface area contributed by atoms with Gasteiger partial charge in [0.1, 0.15) is 0 Å². The highest BCUT2D eigenvalue weighted by molar-refractivity contribution is 5.00. The van der Waals surface area contributed by atoms with E-state index in [2.05, 4.69) is 56.9 Å². The molecule has 0 heterocycles. The summed E-state index contributed by atoms with van der Waals surface area (Å²) in [7, 11) is 0. The van der Waals surface area contributed by atoms with Crippen LogP contribution in [0.4, 0.5) is 0 Å². The van der Waals surface area contributed by atoms with Gasteiger partial charge in [-0.05, 0) is 139 Å². The van der Waals surface area contributed by atoms with Gasteiger partial charge in [0.05, 0.1) is 0 Å². The normalized spacial score (nSPS) is 43.5. The molecule has 4 fully saturated rings. The van der Waals surface area contributed by atoms with Gasteiger partial charge in [-0.2, -0.15) is 0 Å². The predicted octanol–water partition coefficient (Wildman–Crippen LogP) is 9.19. The number of nitrogens with zero attached hydrogens (tertiary/aromatic N) is 1. The standard InChI is InChI=1S/C32H55N/c1-5-6-27-10-12-28(13-11-27)14-15-29-16-21-31(22-17-29)33(30-18-7-24(2)8-19-30)32-20-9-25(3)26(4)23-32/h5-6,14-15,24-32H,7-13,16-23H2,1-4H3. The Hall–Kier alpha value is -0.560. The fourth-order valence-electron chi connectivity index (χ4n) is 7.93. The molecule has 1 nitrogen and oxygen atoms in total. The van der Waals surface area contributed by atoms with E-state index in [0.29, 0.717) is 0 Å².